The summed E-state index contributed by atoms with van der Waals surface area (Å²) in [6.45, 7) is 1.01. The Morgan fingerprint density at radius 1 is 1.56 bits per heavy atom. The predicted molar refractivity (Wildman–Crippen MR) is 57.2 cm³/mol. The maximum atomic E-state index is 11.7. The van der Waals surface area contributed by atoms with E-state index in [2.05, 4.69) is 0 Å². The van der Waals surface area contributed by atoms with E-state index in [-0.39, 0.29) is 23.1 Å². The molecule has 1 atom stereocenters. The molecule has 0 radical (unpaired) electrons. The van der Waals surface area contributed by atoms with Crippen LogP contribution in [0.15, 0.2) is 18.2 Å². The summed E-state index contributed by atoms with van der Waals surface area (Å²) >= 11 is 0. The van der Waals surface area contributed by atoms with Crippen molar-refractivity contribution in [3.05, 3.63) is 23.8 Å². The fourth-order valence-electron chi connectivity index (χ4n) is 1.55. The average molecular weight is 223 g/mol. The van der Waals surface area contributed by atoms with E-state index < -0.39 is 5.97 Å². The maximum absolute atomic E-state index is 11.7. The van der Waals surface area contributed by atoms with E-state index in [1.165, 1.54) is 12.1 Å². The molecule has 0 aromatic heterocycles. The molecule has 86 valence electrons. The summed E-state index contributed by atoms with van der Waals surface area (Å²) in [6.07, 6.45) is 0.461. The van der Waals surface area contributed by atoms with Crippen molar-refractivity contribution in [1.29, 1.82) is 0 Å². The van der Waals surface area contributed by atoms with Crippen molar-refractivity contribution >= 4 is 11.7 Å². The van der Waals surface area contributed by atoms with Gasteiger partial charge in [0.05, 0.1) is 18.9 Å². The zero-order valence-electron chi connectivity index (χ0n) is 8.68. The number of nitrogens with two attached hydrogens (primary N) is 1. The molecule has 1 aromatic carbocycles. The van der Waals surface area contributed by atoms with Gasteiger partial charge in [-0.05, 0) is 12.1 Å². The van der Waals surface area contributed by atoms with E-state index in [0.717, 1.165) is 0 Å². The Hall–Kier alpha value is -1.75. The van der Waals surface area contributed by atoms with E-state index in [9.17, 15) is 9.90 Å². The van der Waals surface area contributed by atoms with E-state index in [0.29, 0.717) is 19.6 Å². The highest BCUT2D eigenvalue weighted by atomic mass is 16.6. The molecule has 1 unspecified atom stereocenters. The molecule has 1 fully saturated rings. The summed E-state index contributed by atoms with van der Waals surface area (Å²) in [6, 6.07) is 4.59. The van der Waals surface area contributed by atoms with Crippen LogP contribution < -0.4 is 5.73 Å². The molecule has 0 saturated carbocycles. The standard InChI is InChI=1S/C11H13NO4/c12-9-3-1-2-8(10(9)13)11(14)16-7-4-5-15-6-7/h1-3,7,13H,4-6,12H2. The number of carbonyl (C=O) groups excluding carboxylic acids is 1. The SMILES string of the molecule is Nc1cccc(C(=O)OC2CCOC2)c1O. The number of hydrogen-bond donors (Lipinski definition) is 2. The van der Waals surface area contributed by atoms with Crippen LogP contribution in [0, 0.1) is 0 Å². The number of nitrogen functional groups attached to an aromatic ring is 1. The Kier molecular flexibility index (Phi) is 2.96. The van der Waals surface area contributed by atoms with Gasteiger partial charge in [0.25, 0.3) is 0 Å². The molecule has 16 heavy (non-hydrogen) atoms. The Morgan fingerprint density at radius 2 is 2.38 bits per heavy atom. The number of para-hydroxylation sites is 1. The summed E-state index contributed by atoms with van der Waals surface area (Å²) in [5.41, 5.74) is 5.74. The zero-order valence-corrected chi connectivity index (χ0v) is 8.68. The molecule has 0 amide bonds. The summed E-state index contributed by atoms with van der Waals surface area (Å²) < 4.78 is 10.2. The van der Waals surface area contributed by atoms with Crippen LogP contribution in [0.4, 0.5) is 5.69 Å². The third-order valence-corrected chi connectivity index (χ3v) is 2.45. The van der Waals surface area contributed by atoms with Gasteiger partial charge < -0.3 is 20.3 Å². The summed E-state index contributed by atoms with van der Waals surface area (Å²) in [7, 11) is 0. The Morgan fingerprint density at radius 3 is 3.06 bits per heavy atom. The van der Waals surface area contributed by atoms with E-state index in [1.807, 2.05) is 0 Å². The fourth-order valence-corrected chi connectivity index (χ4v) is 1.55. The number of anilines is 1. The minimum absolute atomic E-state index is 0.0897. The van der Waals surface area contributed by atoms with Gasteiger partial charge in [-0.25, -0.2) is 4.79 Å². The number of phenols is 1. The smallest absolute Gasteiger partial charge is 0.342 e. The van der Waals surface area contributed by atoms with Gasteiger partial charge in [-0.1, -0.05) is 6.07 Å². The van der Waals surface area contributed by atoms with E-state index in [1.54, 1.807) is 6.07 Å². The van der Waals surface area contributed by atoms with Crippen LogP contribution in [0.1, 0.15) is 16.8 Å². The van der Waals surface area contributed by atoms with Crippen LogP contribution in [0.25, 0.3) is 0 Å². The molecule has 1 aliphatic rings. The minimum atomic E-state index is -0.569. The molecule has 2 rings (SSSR count). The van der Waals surface area contributed by atoms with Crippen molar-refractivity contribution in [1.82, 2.24) is 0 Å². The van der Waals surface area contributed by atoms with Crippen molar-refractivity contribution < 1.29 is 19.4 Å². The second-order valence-electron chi connectivity index (χ2n) is 3.63. The van der Waals surface area contributed by atoms with E-state index in [4.69, 9.17) is 15.2 Å². The normalized spacial score (nSPS) is 19.6. The van der Waals surface area contributed by atoms with Crippen molar-refractivity contribution in [2.75, 3.05) is 18.9 Å². The number of phenolic OH excluding ortho intramolecular Hbond substituents is 1. The van der Waals surface area contributed by atoms with Gasteiger partial charge in [-0.2, -0.15) is 0 Å². The van der Waals surface area contributed by atoms with Gasteiger partial charge in [0.15, 0.2) is 5.75 Å². The third-order valence-electron chi connectivity index (χ3n) is 2.45. The third kappa shape index (κ3) is 2.09. The second kappa shape index (κ2) is 4.40. The number of rotatable bonds is 2. The number of hydrogen-bond acceptors (Lipinski definition) is 5. The number of aromatic hydroxyl groups is 1. The molecule has 0 spiro atoms. The van der Waals surface area contributed by atoms with Crippen LogP contribution in [0.5, 0.6) is 5.75 Å². The fraction of sp³-hybridized carbons (Fsp3) is 0.364. The number of carbonyl (C=O) groups is 1. The zero-order chi connectivity index (χ0) is 11.5. The molecule has 1 heterocycles. The molecule has 1 aliphatic heterocycles. The molecule has 0 aliphatic carbocycles. The first-order valence-corrected chi connectivity index (χ1v) is 5.04. The lowest BCUT2D eigenvalue weighted by molar-refractivity contribution is 0.0268. The van der Waals surface area contributed by atoms with Gasteiger partial charge >= 0.3 is 5.97 Å². The quantitative estimate of drug-likeness (QED) is 0.442. The van der Waals surface area contributed by atoms with Crippen LogP contribution in [-0.2, 0) is 9.47 Å². The minimum Gasteiger partial charge on any atom is -0.505 e. The Balaban J connectivity index is 2.11. The van der Waals surface area contributed by atoms with Gasteiger partial charge in [0.1, 0.15) is 11.7 Å². The van der Waals surface area contributed by atoms with Gasteiger partial charge in [-0.15, -0.1) is 0 Å². The molecule has 1 saturated heterocycles. The molecule has 5 nitrogen and oxygen atoms in total. The summed E-state index contributed by atoms with van der Waals surface area (Å²) in [4.78, 5) is 11.7. The first-order chi connectivity index (χ1) is 7.68. The first-order valence-electron chi connectivity index (χ1n) is 5.04. The molecule has 5 heteroatoms. The highest BCUT2D eigenvalue weighted by Gasteiger charge is 2.22. The number of ether oxygens (including phenoxy) is 2. The monoisotopic (exact) mass is 223 g/mol. The van der Waals surface area contributed by atoms with Crippen molar-refractivity contribution in [3.63, 3.8) is 0 Å². The maximum Gasteiger partial charge on any atom is 0.342 e. The Labute approximate surface area is 92.8 Å². The number of benzene rings is 1. The second-order valence-corrected chi connectivity index (χ2v) is 3.63. The van der Waals surface area contributed by atoms with Gasteiger partial charge in [0.2, 0.25) is 0 Å². The van der Waals surface area contributed by atoms with Gasteiger partial charge in [-0.3, -0.25) is 0 Å². The largest absolute Gasteiger partial charge is 0.505 e. The van der Waals surface area contributed by atoms with Gasteiger partial charge in [0, 0.05) is 6.42 Å². The van der Waals surface area contributed by atoms with Crippen molar-refractivity contribution in [2.24, 2.45) is 0 Å². The van der Waals surface area contributed by atoms with Crippen LogP contribution in [-0.4, -0.2) is 30.4 Å². The summed E-state index contributed by atoms with van der Waals surface area (Å²) in [5, 5.41) is 9.58. The molecule has 1 aromatic rings. The van der Waals surface area contributed by atoms with Crippen LogP contribution in [0.2, 0.25) is 0 Å². The molecule has 3 N–H and O–H groups in total. The predicted octanol–water partition coefficient (Wildman–Crippen LogP) is 0.920. The highest BCUT2D eigenvalue weighted by Crippen LogP contribution is 2.25. The Bertz CT molecular complexity index is 399. The van der Waals surface area contributed by atoms with Crippen LogP contribution in [0.3, 0.4) is 0 Å². The average Bonchev–Trinajstić information content (AvgIpc) is 2.74. The lowest BCUT2D eigenvalue weighted by Gasteiger charge is -2.11. The number of esters is 1. The molecular formula is C11H13NO4. The lowest BCUT2D eigenvalue weighted by Crippen LogP contribution is -2.18. The topological polar surface area (TPSA) is 81.8 Å². The first kappa shape index (κ1) is 10.8. The molecule has 0 bridgehead atoms. The highest BCUT2D eigenvalue weighted by molar-refractivity contribution is 5.94. The van der Waals surface area contributed by atoms with E-state index >= 15 is 0 Å². The lowest BCUT2D eigenvalue weighted by atomic mass is 10.1. The molecular weight excluding hydrogens is 210 g/mol. The van der Waals surface area contributed by atoms with Crippen molar-refractivity contribution in [3.8, 4) is 5.75 Å². The van der Waals surface area contributed by atoms with Crippen LogP contribution >= 0.6 is 0 Å². The van der Waals surface area contributed by atoms with Crippen molar-refractivity contribution in [2.45, 2.75) is 12.5 Å². The summed E-state index contributed by atoms with van der Waals surface area (Å²) in [5.74, 6) is -0.799.